The summed E-state index contributed by atoms with van der Waals surface area (Å²) in [5.41, 5.74) is -0.846. The zero-order chi connectivity index (χ0) is 15.6. The van der Waals surface area contributed by atoms with E-state index in [0.29, 0.717) is 0 Å². The topological polar surface area (TPSA) is 89.7 Å². The minimum absolute atomic E-state index is 0.204. The summed E-state index contributed by atoms with van der Waals surface area (Å²) >= 11 is 3.04. The largest absolute Gasteiger partial charge is 0.478 e. The van der Waals surface area contributed by atoms with Crippen molar-refractivity contribution in [1.82, 2.24) is 0 Å². The number of rotatable bonds is 4. The lowest BCUT2D eigenvalue weighted by Crippen LogP contribution is -2.03. The second-order valence-electron chi connectivity index (χ2n) is 3.87. The molecule has 0 atom stereocenters. The average molecular weight is 356 g/mol. The molecule has 0 aliphatic rings. The summed E-state index contributed by atoms with van der Waals surface area (Å²) in [6, 6.07) is 7.44. The van der Waals surface area contributed by atoms with E-state index < -0.39 is 28.1 Å². The zero-order valence-electron chi connectivity index (χ0n) is 10.2. The molecule has 21 heavy (non-hydrogen) atoms. The van der Waals surface area contributed by atoms with Crippen LogP contribution in [0, 0.1) is 15.9 Å². The molecule has 0 fully saturated rings. The molecule has 2 rings (SSSR count). The highest BCUT2D eigenvalue weighted by Crippen LogP contribution is 2.36. The zero-order valence-corrected chi connectivity index (χ0v) is 11.8. The van der Waals surface area contributed by atoms with E-state index in [2.05, 4.69) is 15.9 Å². The van der Waals surface area contributed by atoms with Crippen LogP contribution in [-0.2, 0) is 0 Å². The average Bonchev–Trinajstić information content (AvgIpc) is 2.40. The number of carboxylic acid groups (broad SMARTS) is 1. The number of benzene rings is 2. The van der Waals surface area contributed by atoms with Gasteiger partial charge in [-0.1, -0.05) is 12.1 Å². The summed E-state index contributed by atoms with van der Waals surface area (Å²) in [5.74, 6) is -3.11. The van der Waals surface area contributed by atoms with Crippen LogP contribution in [0.2, 0.25) is 0 Å². The first-order valence-electron chi connectivity index (χ1n) is 5.54. The molecule has 108 valence electrons. The lowest BCUT2D eigenvalue weighted by Gasteiger charge is -2.10. The van der Waals surface area contributed by atoms with Crippen molar-refractivity contribution in [3.05, 3.63) is 62.4 Å². The number of aromatic carboxylic acids is 1. The predicted octanol–water partition coefficient (Wildman–Crippen LogP) is 3.99. The third kappa shape index (κ3) is 3.00. The van der Waals surface area contributed by atoms with Gasteiger partial charge in [-0.2, -0.15) is 0 Å². The Morgan fingerprint density at radius 1 is 1.29 bits per heavy atom. The molecule has 0 saturated carbocycles. The quantitative estimate of drug-likeness (QED) is 0.661. The van der Waals surface area contributed by atoms with Gasteiger partial charge in [-0.05, 0) is 34.1 Å². The van der Waals surface area contributed by atoms with Gasteiger partial charge in [-0.15, -0.1) is 0 Å². The van der Waals surface area contributed by atoms with E-state index in [4.69, 9.17) is 9.84 Å². The Morgan fingerprint density at radius 3 is 2.57 bits per heavy atom. The van der Waals surface area contributed by atoms with Gasteiger partial charge in [0, 0.05) is 10.5 Å². The Kier molecular flexibility index (Phi) is 4.18. The maximum atomic E-state index is 13.7. The Labute approximate surface area is 126 Å². The van der Waals surface area contributed by atoms with Gasteiger partial charge < -0.3 is 9.84 Å². The van der Waals surface area contributed by atoms with Crippen LogP contribution in [-0.4, -0.2) is 16.0 Å². The van der Waals surface area contributed by atoms with Crippen LogP contribution in [0.4, 0.5) is 10.1 Å². The molecule has 6 nitrogen and oxygen atoms in total. The predicted molar refractivity (Wildman–Crippen MR) is 74.2 cm³/mol. The number of carbonyl (C=O) groups is 1. The summed E-state index contributed by atoms with van der Waals surface area (Å²) < 4.78 is 19.1. The highest BCUT2D eigenvalue weighted by molar-refractivity contribution is 9.10. The molecule has 0 amide bonds. The maximum absolute atomic E-state index is 13.7. The van der Waals surface area contributed by atoms with Crippen molar-refractivity contribution in [2.75, 3.05) is 0 Å². The van der Waals surface area contributed by atoms with Gasteiger partial charge in [0.25, 0.3) is 0 Å². The molecule has 0 aliphatic carbocycles. The van der Waals surface area contributed by atoms with Gasteiger partial charge in [0.05, 0.1) is 4.92 Å². The smallest absolute Gasteiger partial charge is 0.340 e. The number of nitro groups is 1. The Bertz CT molecular complexity index is 734. The third-order valence-corrected chi connectivity index (χ3v) is 3.20. The van der Waals surface area contributed by atoms with Crippen LogP contribution in [0.15, 0.2) is 40.9 Å². The van der Waals surface area contributed by atoms with Gasteiger partial charge in [-0.25, -0.2) is 9.18 Å². The number of nitro benzene ring substituents is 1. The summed E-state index contributed by atoms with van der Waals surface area (Å²) in [6.45, 7) is 0. The number of hydrogen-bond donors (Lipinski definition) is 1. The van der Waals surface area contributed by atoms with Crippen LogP contribution < -0.4 is 4.74 Å². The van der Waals surface area contributed by atoms with Crippen molar-refractivity contribution < 1.29 is 24.0 Å². The third-order valence-electron chi connectivity index (χ3n) is 2.54. The fourth-order valence-corrected chi connectivity index (χ4v) is 2.17. The summed E-state index contributed by atoms with van der Waals surface area (Å²) in [4.78, 5) is 21.3. The Balaban J connectivity index is 2.56. The van der Waals surface area contributed by atoms with E-state index >= 15 is 0 Å². The van der Waals surface area contributed by atoms with Gasteiger partial charge in [0.1, 0.15) is 11.3 Å². The highest BCUT2D eigenvalue weighted by atomic mass is 79.9. The lowest BCUT2D eigenvalue weighted by molar-refractivity contribution is -0.385. The maximum Gasteiger partial charge on any atom is 0.340 e. The van der Waals surface area contributed by atoms with Gasteiger partial charge in [-0.3, -0.25) is 10.1 Å². The molecule has 0 unspecified atom stereocenters. The van der Waals surface area contributed by atoms with Crippen LogP contribution in [0.1, 0.15) is 10.4 Å². The van der Waals surface area contributed by atoms with E-state index in [1.807, 2.05) is 0 Å². The van der Waals surface area contributed by atoms with E-state index in [9.17, 15) is 19.3 Å². The minimum Gasteiger partial charge on any atom is -0.478 e. The van der Waals surface area contributed by atoms with Crippen LogP contribution >= 0.6 is 15.9 Å². The van der Waals surface area contributed by atoms with Crippen molar-refractivity contribution in [2.45, 2.75) is 0 Å². The van der Waals surface area contributed by atoms with Crippen molar-refractivity contribution in [3.63, 3.8) is 0 Å². The molecule has 2 aromatic rings. The molecule has 0 saturated heterocycles. The molecule has 0 radical (unpaired) electrons. The van der Waals surface area contributed by atoms with Crippen LogP contribution in [0.5, 0.6) is 11.5 Å². The van der Waals surface area contributed by atoms with Gasteiger partial charge in [0.2, 0.25) is 5.75 Å². The van der Waals surface area contributed by atoms with Crippen molar-refractivity contribution in [3.8, 4) is 11.5 Å². The van der Waals surface area contributed by atoms with Crippen molar-refractivity contribution in [2.24, 2.45) is 0 Å². The highest BCUT2D eigenvalue weighted by Gasteiger charge is 2.23. The van der Waals surface area contributed by atoms with E-state index in [1.54, 1.807) is 0 Å². The number of carboxylic acids is 1. The lowest BCUT2D eigenvalue weighted by atomic mass is 10.2. The molecular formula is C13H7BrFNO5. The molecule has 0 heterocycles. The number of para-hydroxylation sites is 1. The molecular weight excluding hydrogens is 349 g/mol. The first-order valence-corrected chi connectivity index (χ1v) is 6.33. The fourth-order valence-electron chi connectivity index (χ4n) is 1.65. The molecule has 1 N–H and O–H groups in total. The van der Waals surface area contributed by atoms with Crippen LogP contribution in [0.25, 0.3) is 0 Å². The van der Waals surface area contributed by atoms with Crippen LogP contribution in [0.3, 0.4) is 0 Å². The molecule has 0 spiro atoms. The summed E-state index contributed by atoms with van der Waals surface area (Å²) in [6.07, 6.45) is 0. The SMILES string of the molecule is O=C(O)c1c(Br)cccc1Oc1c(F)cccc1[N+](=O)[O-]. The molecule has 0 bridgehead atoms. The number of nitrogens with zero attached hydrogens (tertiary/aromatic N) is 1. The standard InChI is InChI=1S/C13H7BrFNO5/c14-7-3-1-6-10(11(7)13(17)18)21-12-8(15)4-2-5-9(12)16(19)20/h1-6H,(H,17,18). The summed E-state index contributed by atoms with van der Waals surface area (Å²) in [7, 11) is 0. The molecule has 0 aliphatic heterocycles. The van der Waals surface area contributed by atoms with E-state index in [-0.39, 0.29) is 15.8 Å². The van der Waals surface area contributed by atoms with E-state index in [0.717, 1.165) is 12.1 Å². The monoisotopic (exact) mass is 355 g/mol. The van der Waals surface area contributed by atoms with Crippen molar-refractivity contribution in [1.29, 1.82) is 0 Å². The molecule has 0 aromatic heterocycles. The number of halogens is 2. The summed E-state index contributed by atoms with van der Waals surface area (Å²) in [5, 5.41) is 20.0. The van der Waals surface area contributed by atoms with E-state index in [1.165, 1.54) is 24.3 Å². The second-order valence-corrected chi connectivity index (χ2v) is 4.72. The van der Waals surface area contributed by atoms with Gasteiger partial charge in [0.15, 0.2) is 5.82 Å². The molecule has 8 heteroatoms. The van der Waals surface area contributed by atoms with Gasteiger partial charge >= 0.3 is 11.7 Å². The normalized spacial score (nSPS) is 10.2. The first kappa shape index (κ1) is 14.9. The molecule has 2 aromatic carbocycles. The van der Waals surface area contributed by atoms with Crippen molar-refractivity contribution >= 4 is 27.6 Å². The fraction of sp³-hybridized carbons (Fsp3) is 0. The Hall–Kier alpha value is -2.48. The second kappa shape index (κ2) is 5.88. The Morgan fingerprint density at radius 2 is 1.95 bits per heavy atom. The number of hydrogen-bond acceptors (Lipinski definition) is 4. The first-order chi connectivity index (χ1) is 9.91. The number of ether oxygens (including phenoxy) is 1. The minimum atomic E-state index is -1.31.